The van der Waals surface area contributed by atoms with E-state index in [0.29, 0.717) is 4.52 Å². The number of nitrogens with zero attached hydrogens (tertiary/aromatic N) is 3. The van der Waals surface area contributed by atoms with E-state index in [9.17, 15) is 18.0 Å². The van der Waals surface area contributed by atoms with Crippen molar-refractivity contribution in [3.63, 3.8) is 0 Å². The van der Waals surface area contributed by atoms with Crippen LogP contribution in [0.5, 0.6) is 0 Å². The minimum Gasteiger partial charge on any atom is -0.346 e. The van der Waals surface area contributed by atoms with E-state index >= 15 is 0 Å². The van der Waals surface area contributed by atoms with E-state index in [1.807, 2.05) is 5.38 Å². The minimum absolute atomic E-state index is 0.0314. The molecule has 0 fully saturated rings. The normalized spacial score (nSPS) is 11.8. The van der Waals surface area contributed by atoms with E-state index in [2.05, 4.69) is 15.4 Å². The number of halogens is 3. The number of nitrogens with one attached hydrogen (secondary N) is 1. The summed E-state index contributed by atoms with van der Waals surface area (Å²) in [5, 5.41) is 7.88. The van der Waals surface area contributed by atoms with Gasteiger partial charge in [-0.1, -0.05) is 6.07 Å². The number of carbonyl (C=O) groups is 1. The molecule has 0 spiro atoms. The summed E-state index contributed by atoms with van der Waals surface area (Å²) in [4.78, 5) is 16.7. The molecular formula is C13H9F3N4OS. The fraction of sp³-hybridized carbons (Fsp3) is 0.154. The predicted molar refractivity (Wildman–Crippen MR) is 73.5 cm³/mol. The zero-order valence-corrected chi connectivity index (χ0v) is 11.8. The van der Waals surface area contributed by atoms with Crippen molar-refractivity contribution in [3.05, 3.63) is 52.1 Å². The summed E-state index contributed by atoms with van der Waals surface area (Å²) in [7, 11) is 0. The van der Waals surface area contributed by atoms with Crippen molar-refractivity contribution < 1.29 is 18.0 Å². The van der Waals surface area contributed by atoms with E-state index < -0.39 is 23.5 Å². The monoisotopic (exact) mass is 326 g/mol. The largest absolute Gasteiger partial charge is 0.435 e. The van der Waals surface area contributed by atoms with Crippen molar-refractivity contribution in [2.45, 2.75) is 12.7 Å². The summed E-state index contributed by atoms with van der Waals surface area (Å²) in [6, 6.07) is 6.39. The summed E-state index contributed by atoms with van der Waals surface area (Å²) in [6.07, 6.45) is -3.53. The highest BCUT2D eigenvalue weighted by Crippen LogP contribution is 2.32. The molecule has 0 aliphatic carbocycles. The van der Waals surface area contributed by atoms with Crippen molar-refractivity contribution >= 4 is 22.9 Å². The van der Waals surface area contributed by atoms with Gasteiger partial charge in [0.25, 0.3) is 5.91 Å². The molecule has 5 nitrogen and oxygen atoms in total. The summed E-state index contributed by atoms with van der Waals surface area (Å²) >= 11 is 1.40. The minimum atomic E-state index is -4.73. The molecule has 3 heterocycles. The number of aromatic nitrogens is 3. The molecule has 0 aromatic carbocycles. The van der Waals surface area contributed by atoms with Crippen molar-refractivity contribution in [1.82, 2.24) is 19.9 Å². The quantitative estimate of drug-likeness (QED) is 0.805. The molecule has 22 heavy (non-hydrogen) atoms. The molecule has 0 bridgehead atoms. The lowest BCUT2D eigenvalue weighted by Gasteiger charge is -2.08. The first-order valence-corrected chi connectivity index (χ1v) is 7.06. The van der Waals surface area contributed by atoms with E-state index in [1.54, 1.807) is 12.1 Å². The molecule has 0 saturated carbocycles. The standard InChI is InChI=1S/C13H9F3N4OS/c14-13(15,16)11-10(19-9-4-1-5-18-20(9)11)12(21)17-7-8-3-2-6-22-8/h1-6H,7H2,(H,17,21). The molecule has 3 aromatic rings. The van der Waals surface area contributed by atoms with Crippen molar-refractivity contribution in [2.75, 3.05) is 0 Å². The Bertz CT molecular complexity index is 810. The molecule has 0 unspecified atom stereocenters. The van der Waals surface area contributed by atoms with Gasteiger partial charge in [-0.25, -0.2) is 9.50 Å². The van der Waals surface area contributed by atoms with Gasteiger partial charge in [0.05, 0.1) is 6.54 Å². The van der Waals surface area contributed by atoms with Gasteiger partial charge < -0.3 is 5.32 Å². The Morgan fingerprint density at radius 1 is 1.32 bits per heavy atom. The fourth-order valence-electron chi connectivity index (χ4n) is 1.97. The molecular weight excluding hydrogens is 317 g/mol. The van der Waals surface area contributed by atoms with E-state index in [-0.39, 0.29) is 12.2 Å². The molecule has 3 aromatic heterocycles. The summed E-state index contributed by atoms with van der Waals surface area (Å²) < 4.78 is 40.2. The van der Waals surface area contributed by atoms with Crippen LogP contribution in [0.2, 0.25) is 0 Å². The first-order valence-electron chi connectivity index (χ1n) is 6.18. The summed E-state index contributed by atoms with van der Waals surface area (Å²) in [6.45, 7) is 0.148. The van der Waals surface area contributed by atoms with Crippen LogP contribution in [0.4, 0.5) is 13.2 Å². The van der Waals surface area contributed by atoms with E-state index in [4.69, 9.17) is 0 Å². The van der Waals surface area contributed by atoms with E-state index in [1.165, 1.54) is 29.7 Å². The molecule has 3 rings (SSSR count). The van der Waals surface area contributed by atoms with Gasteiger partial charge in [-0.15, -0.1) is 11.3 Å². The summed E-state index contributed by atoms with van der Waals surface area (Å²) in [5.74, 6) is -0.883. The van der Waals surface area contributed by atoms with E-state index in [0.717, 1.165) is 4.88 Å². The second-order valence-corrected chi connectivity index (χ2v) is 5.39. The lowest BCUT2D eigenvalue weighted by Crippen LogP contribution is -2.26. The maximum absolute atomic E-state index is 13.2. The fourth-order valence-corrected chi connectivity index (χ4v) is 2.61. The average Bonchev–Trinajstić information content (AvgIpc) is 3.10. The molecule has 0 atom stereocenters. The smallest absolute Gasteiger partial charge is 0.346 e. The van der Waals surface area contributed by atoms with Gasteiger partial charge in [0, 0.05) is 11.1 Å². The zero-order chi connectivity index (χ0) is 15.7. The Morgan fingerprint density at radius 2 is 2.14 bits per heavy atom. The van der Waals surface area contributed by atoms with Crippen LogP contribution in [0.25, 0.3) is 5.65 Å². The molecule has 0 aliphatic heterocycles. The van der Waals surface area contributed by atoms with Crippen LogP contribution in [-0.2, 0) is 12.7 Å². The maximum atomic E-state index is 13.2. The zero-order valence-electron chi connectivity index (χ0n) is 11.0. The highest BCUT2D eigenvalue weighted by molar-refractivity contribution is 7.09. The van der Waals surface area contributed by atoms with Crippen LogP contribution in [0.1, 0.15) is 21.1 Å². The Hall–Kier alpha value is -2.42. The third-order valence-electron chi connectivity index (χ3n) is 2.88. The van der Waals surface area contributed by atoms with Crippen LogP contribution in [0, 0.1) is 0 Å². The van der Waals surface area contributed by atoms with Crippen LogP contribution in [0.15, 0.2) is 35.8 Å². The SMILES string of the molecule is O=C(NCc1cccs1)c1nc2cccnn2c1C(F)(F)F. The number of alkyl halides is 3. The third-order valence-corrected chi connectivity index (χ3v) is 3.76. The van der Waals surface area contributed by atoms with Gasteiger partial charge in [-0.3, -0.25) is 4.79 Å². The number of hydrogen-bond donors (Lipinski definition) is 1. The first kappa shape index (κ1) is 14.5. The van der Waals surface area contributed by atoms with Crippen LogP contribution < -0.4 is 5.32 Å². The van der Waals surface area contributed by atoms with Gasteiger partial charge in [0.1, 0.15) is 0 Å². The Morgan fingerprint density at radius 3 is 2.82 bits per heavy atom. The Kier molecular flexibility index (Phi) is 3.57. The molecule has 0 saturated heterocycles. The molecule has 0 radical (unpaired) electrons. The number of carbonyl (C=O) groups excluding carboxylic acids is 1. The number of amides is 1. The van der Waals surface area contributed by atoms with Crippen molar-refractivity contribution in [3.8, 4) is 0 Å². The van der Waals surface area contributed by atoms with Gasteiger partial charge in [-0.2, -0.15) is 18.3 Å². The second kappa shape index (κ2) is 5.41. The molecule has 9 heteroatoms. The first-order chi connectivity index (χ1) is 10.5. The number of hydrogen-bond acceptors (Lipinski definition) is 4. The number of thiophene rings is 1. The van der Waals surface area contributed by atoms with Crippen LogP contribution in [0.3, 0.4) is 0 Å². The van der Waals surface area contributed by atoms with Gasteiger partial charge in [-0.05, 0) is 23.6 Å². The number of imidazole rings is 1. The highest BCUT2D eigenvalue weighted by atomic mass is 32.1. The number of rotatable bonds is 3. The topological polar surface area (TPSA) is 59.3 Å². The Labute approximate surface area is 126 Å². The maximum Gasteiger partial charge on any atom is 0.435 e. The van der Waals surface area contributed by atoms with Crippen molar-refractivity contribution in [2.24, 2.45) is 0 Å². The van der Waals surface area contributed by atoms with Crippen LogP contribution >= 0.6 is 11.3 Å². The van der Waals surface area contributed by atoms with Crippen LogP contribution in [-0.4, -0.2) is 20.5 Å². The predicted octanol–water partition coefficient (Wildman–Crippen LogP) is 2.74. The lowest BCUT2D eigenvalue weighted by atomic mass is 10.3. The third kappa shape index (κ3) is 2.67. The van der Waals surface area contributed by atoms with Crippen molar-refractivity contribution in [1.29, 1.82) is 0 Å². The van der Waals surface area contributed by atoms with Gasteiger partial charge in [0.15, 0.2) is 17.0 Å². The molecule has 1 amide bonds. The van der Waals surface area contributed by atoms with Gasteiger partial charge >= 0.3 is 6.18 Å². The van der Waals surface area contributed by atoms with Gasteiger partial charge in [0.2, 0.25) is 0 Å². The summed E-state index contributed by atoms with van der Waals surface area (Å²) in [5.41, 5.74) is -1.88. The average molecular weight is 326 g/mol. The molecule has 1 N–H and O–H groups in total. The molecule has 114 valence electrons. The number of fused-ring (bicyclic) bond motifs is 1. The second-order valence-electron chi connectivity index (χ2n) is 4.36. The Balaban J connectivity index is 1.97. The lowest BCUT2D eigenvalue weighted by molar-refractivity contribution is -0.142. The highest BCUT2D eigenvalue weighted by Gasteiger charge is 2.41. The molecule has 0 aliphatic rings.